The van der Waals surface area contributed by atoms with Crippen LogP contribution in [0.1, 0.15) is 16.2 Å². The van der Waals surface area contributed by atoms with Crippen LogP contribution in [0.3, 0.4) is 0 Å². The fourth-order valence-corrected chi connectivity index (χ4v) is 3.46. The van der Waals surface area contributed by atoms with E-state index >= 15 is 0 Å². The van der Waals surface area contributed by atoms with Crippen LogP contribution in [0.2, 0.25) is 0 Å². The molecular formula is C19H15F3N2O4S. The topological polar surface area (TPSA) is 91.6 Å². The molecular weight excluding hydrogens is 409 g/mol. The molecule has 6 nitrogen and oxygen atoms in total. The quantitative estimate of drug-likeness (QED) is 0.548. The number of nitrogens with one attached hydrogen (secondary N) is 2. The summed E-state index contributed by atoms with van der Waals surface area (Å²) in [6.45, 7) is -0.422. The lowest BCUT2D eigenvalue weighted by atomic mass is 9.98. The highest BCUT2D eigenvalue weighted by Crippen LogP contribution is 2.35. The molecule has 2 amide bonds. The number of alkyl halides is 3. The van der Waals surface area contributed by atoms with E-state index in [9.17, 15) is 27.9 Å². The van der Waals surface area contributed by atoms with E-state index in [1.54, 1.807) is 23.6 Å². The Labute approximate surface area is 167 Å². The zero-order valence-electron chi connectivity index (χ0n) is 14.7. The number of amides is 2. The standard InChI is InChI=1S/C19H15F3N2O4S/c20-19(21,22)12-5-1-2-6-13(12)24-17(26)16(25)23-11-18(27,14-7-3-9-28-14)15-8-4-10-29-15/h1-10,27H,11H2,(H,23,25)(H,24,26)/t18-/m0/s1. The summed E-state index contributed by atoms with van der Waals surface area (Å²) in [4.78, 5) is 24.7. The zero-order valence-corrected chi connectivity index (χ0v) is 15.5. The Kier molecular flexibility index (Phi) is 5.76. The Bertz CT molecular complexity index is 951. The van der Waals surface area contributed by atoms with E-state index in [4.69, 9.17) is 4.42 Å². The first-order valence-corrected chi connectivity index (χ1v) is 9.15. The van der Waals surface area contributed by atoms with E-state index in [1.165, 1.54) is 35.8 Å². The van der Waals surface area contributed by atoms with E-state index in [0.29, 0.717) is 4.88 Å². The molecule has 1 aromatic carbocycles. The highest BCUT2D eigenvalue weighted by Gasteiger charge is 2.37. The highest BCUT2D eigenvalue weighted by atomic mass is 32.1. The van der Waals surface area contributed by atoms with Crippen LogP contribution in [-0.2, 0) is 21.4 Å². The second-order valence-electron chi connectivity index (χ2n) is 6.00. The van der Waals surface area contributed by atoms with E-state index in [2.05, 4.69) is 5.32 Å². The van der Waals surface area contributed by atoms with Crippen molar-refractivity contribution in [1.82, 2.24) is 5.32 Å². The van der Waals surface area contributed by atoms with E-state index < -0.39 is 41.4 Å². The van der Waals surface area contributed by atoms with Gasteiger partial charge in [0, 0.05) is 4.88 Å². The molecule has 0 saturated heterocycles. The van der Waals surface area contributed by atoms with Crippen molar-refractivity contribution in [2.45, 2.75) is 11.8 Å². The molecule has 0 aliphatic heterocycles. The number of hydrogen-bond donors (Lipinski definition) is 3. The summed E-state index contributed by atoms with van der Waals surface area (Å²) in [5, 5.41) is 16.9. The minimum absolute atomic E-state index is 0.142. The van der Waals surface area contributed by atoms with Crippen LogP contribution in [0.15, 0.2) is 64.6 Å². The van der Waals surface area contributed by atoms with Gasteiger partial charge >= 0.3 is 18.0 Å². The predicted octanol–water partition coefficient (Wildman–Crippen LogP) is 3.35. The molecule has 0 saturated carbocycles. The first kappa shape index (κ1) is 20.6. The smallest absolute Gasteiger partial charge is 0.418 e. The predicted molar refractivity (Wildman–Crippen MR) is 99.1 cm³/mol. The normalized spacial score (nSPS) is 13.5. The SMILES string of the molecule is O=C(NC[C@](O)(c1ccco1)c1cccs1)C(=O)Nc1ccccc1C(F)(F)F. The highest BCUT2D eigenvalue weighted by molar-refractivity contribution is 7.10. The molecule has 2 aromatic heterocycles. The molecule has 3 aromatic rings. The Morgan fingerprint density at radius 3 is 2.41 bits per heavy atom. The molecule has 152 valence electrons. The van der Waals surface area contributed by atoms with Crippen molar-refractivity contribution in [2.24, 2.45) is 0 Å². The van der Waals surface area contributed by atoms with Gasteiger partial charge < -0.3 is 20.2 Å². The lowest BCUT2D eigenvalue weighted by Crippen LogP contribution is -2.44. The zero-order chi connectivity index (χ0) is 21.1. The fourth-order valence-electron chi connectivity index (χ4n) is 2.63. The van der Waals surface area contributed by atoms with Crippen LogP contribution in [0, 0.1) is 0 Å². The molecule has 3 rings (SSSR count). The molecule has 1 atom stereocenters. The van der Waals surface area contributed by atoms with Gasteiger partial charge in [0.2, 0.25) is 0 Å². The fraction of sp³-hybridized carbons (Fsp3) is 0.158. The molecule has 0 bridgehead atoms. The molecule has 0 fully saturated rings. The van der Waals surface area contributed by atoms with E-state index in [-0.39, 0.29) is 5.76 Å². The van der Waals surface area contributed by atoms with Crippen molar-refractivity contribution in [3.63, 3.8) is 0 Å². The average molecular weight is 424 g/mol. The van der Waals surface area contributed by atoms with Gasteiger partial charge in [0.05, 0.1) is 24.1 Å². The lowest BCUT2D eigenvalue weighted by molar-refractivity contribution is -0.138. The number of furan rings is 1. The van der Waals surface area contributed by atoms with Gasteiger partial charge in [-0.2, -0.15) is 13.2 Å². The van der Waals surface area contributed by atoms with Crippen LogP contribution >= 0.6 is 11.3 Å². The summed E-state index contributed by atoms with van der Waals surface area (Å²) in [6.07, 6.45) is -3.35. The molecule has 29 heavy (non-hydrogen) atoms. The van der Waals surface area contributed by atoms with E-state index in [1.807, 2.05) is 5.32 Å². The number of carbonyl (C=O) groups is 2. The maximum Gasteiger partial charge on any atom is 0.418 e. The third-order valence-electron chi connectivity index (χ3n) is 4.05. The van der Waals surface area contributed by atoms with Gasteiger partial charge in [-0.05, 0) is 35.7 Å². The number of thiophene rings is 1. The number of hydrogen-bond acceptors (Lipinski definition) is 5. The second kappa shape index (κ2) is 8.10. The molecule has 3 N–H and O–H groups in total. The third kappa shape index (κ3) is 4.49. The van der Waals surface area contributed by atoms with Gasteiger partial charge in [-0.1, -0.05) is 18.2 Å². The number of rotatable bonds is 5. The molecule has 2 heterocycles. The molecule has 0 aliphatic rings. The van der Waals surface area contributed by atoms with Gasteiger partial charge in [0.1, 0.15) is 5.76 Å². The number of carbonyl (C=O) groups excluding carboxylic acids is 2. The maximum atomic E-state index is 13.0. The van der Waals surface area contributed by atoms with Crippen molar-refractivity contribution in [2.75, 3.05) is 11.9 Å². The van der Waals surface area contributed by atoms with Crippen molar-refractivity contribution < 1.29 is 32.3 Å². The summed E-state index contributed by atoms with van der Waals surface area (Å²) >= 11 is 1.21. The summed E-state index contributed by atoms with van der Waals surface area (Å²) in [5.74, 6) is -2.36. The van der Waals surface area contributed by atoms with Crippen LogP contribution in [-0.4, -0.2) is 23.5 Å². The van der Waals surface area contributed by atoms with Crippen molar-refractivity contribution >= 4 is 28.8 Å². The minimum atomic E-state index is -4.70. The van der Waals surface area contributed by atoms with Crippen LogP contribution in [0.5, 0.6) is 0 Å². The largest absolute Gasteiger partial charge is 0.466 e. The van der Waals surface area contributed by atoms with Crippen LogP contribution < -0.4 is 10.6 Å². The summed E-state index contributed by atoms with van der Waals surface area (Å²) in [5.41, 5.74) is -3.36. The number of halogens is 3. The third-order valence-corrected chi connectivity index (χ3v) is 5.07. The first-order valence-electron chi connectivity index (χ1n) is 8.27. The van der Waals surface area contributed by atoms with Gasteiger partial charge in [0.15, 0.2) is 5.60 Å². The summed E-state index contributed by atoms with van der Waals surface area (Å²) in [7, 11) is 0. The van der Waals surface area contributed by atoms with Crippen LogP contribution in [0.4, 0.5) is 18.9 Å². The Morgan fingerprint density at radius 1 is 1.03 bits per heavy atom. The van der Waals surface area contributed by atoms with Gasteiger partial charge in [-0.25, -0.2) is 0 Å². The van der Waals surface area contributed by atoms with Crippen molar-refractivity contribution in [1.29, 1.82) is 0 Å². The monoisotopic (exact) mass is 424 g/mol. The number of para-hydroxylation sites is 1. The molecule has 10 heteroatoms. The Balaban J connectivity index is 1.73. The molecule has 0 aliphatic carbocycles. The minimum Gasteiger partial charge on any atom is -0.466 e. The van der Waals surface area contributed by atoms with E-state index in [0.717, 1.165) is 12.1 Å². The van der Waals surface area contributed by atoms with Gasteiger partial charge in [0.25, 0.3) is 0 Å². The molecule has 0 unspecified atom stereocenters. The number of benzene rings is 1. The number of anilines is 1. The Hall–Kier alpha value is -3.11. The van der Waals surface area contributed by atoms with Crippen molar-refractivity contribution in [3.8, 4) is 0 Å². The maximum absolute atomic E-state index is 13.0. The van der Waals surface area contributed by atoms with Gasteiger partial charge in [-0.3, -0.25) is 9.59 Å². The van der Waals surface area contributed by atoms with Crippen LogP contribution in [0.25, 0.3) is 0 Å². The van der Waals surface area contributed by atoms with Gasteiger partial charge in [-0.15, -0.1) is 11.3 Å². The second-order valence-corrected chi connectivity index (χ2v) is 6.94. The summed E-state index contributed by atoms with van der Waals surface area (Å²) < 4.78 is 44.3. The molecule has 0 radical (unpaired) electrons. The first-order chi connectivity index (χ1) is 13.7. The molecule has 0 spiro atoms. The summed E-state index contributed by atoms with van der Waals surface area (Å²) in [6, 6.07) is 10.7. The van der Waals surface area contributed by atoms with Crippen molar-refractivity contribution in [3.05, 3.63) is 76.4 Å². The average Bonchev–Trinajstić information content (AvgIpc) is 3.39. The lowest BCUT2D eigenvalue weighted by Gasteiger charge is -2.25. The Morgan fingerprint density at radius 2 is 1.79 bits per heavy atom. The number of aliphatic hydroxyl groups is 1.